The number of aryl methyl sites for hydroxylation is 1. The largest absolute Gasteiger partial charge is 0.353 e. The minimum Gasteiger partial charge on any atom is -0.353 e. The van der Waals surface area contributed by atoms with Gasteiger partial charge in [0.1, 0.15) is 0 Å². The highest BCUT2D eigenvalue weighted by Gasteiger charge is 2.20. The van der Waals surface area contributed by atoms with E-state index in [9.17, 15) is 4.79 Å². The van der Waals surface area contributed by atoms with Crippen LogP contribution in [0.1, 0.15) is 57.0 Å². The van der Waals surface area contributed by atoms with Crippen LogP contribution in [0.4, 0.5) is 0 Å². The smallest absolute Gasteiger partial charge is 0.220 e. The van der Waals surface area contributed by atoms with Gasteiger partial charge in [0.2, 0.25) is 5.91 Å². The van der Waals surface area contributed by atoms with Crippen molar-refractivity contribution in [2.24, 2.45) is 5.92 Å². The van der Waals surface area contributed by atoms with Gasteiger partial charge in [0.25, 0.3) is 0 Å². The Morgan fingerprint density at radius 2 is 1.96 bits per heavy atom. The first kappa shape index (κ1) is 19.0. The zero-order chi connectivity index (χ0) is 17.7. The summed E-state index contributed by atoms with van der Waals surface area (Å²) >= 11 is 0. The molecule has 2 rings (SSSR count). The molecule has 0 aromatic carbocycles. The zero-order valence-electron chi connectivity index (χ0n) is 16.1. The van der Waals surface area contributed by atoms with Crippen molar-refractivity contribution in [3.8, 4) is 0 Å². The van der Waals surface area contributed by atoms with Crippen LogP contribution in [0.5, 0.6) is 0 Å². The lowest BCUT2D eigenvalue weighted by Crippen LogP contribution is -2.44. The van der Waals surface area contributed by atoms with Crippen molar-refractivity contribution in [1.29, 1.82) is 0 Å². The number of rotatable bonds is 7. The minimum atomic E-state index is 0.181. The van der Waals surface area contributed by atoms with E-state index in [1.807, 2.05) is 0 Å². The van der Waals surface area contributed by atoms with Crippen molar-refractivity contribution in [2.45, 2.75) is 72.9 Å². The number of nitrogens with one attached hydrogen (secondary N) is 1. The van der Waals surface area contributed by atoms with Crippen molar-refractivity contribution in [2.75, 3.05) is 19.6 Å². The van der Waals surface area contributed by atoms with Crippen LogP contribution in [0.25, 0.3) is 0 Å². The molecule has 5 nitrogen and oxygen atoms in total. The predicted octanol–water partition coefficient (Wildman–Crippen LogP) is 2.69. The third-order valence-corrected chi connectivity index (χ3v) is 5.07. The lowest BCUT2D eigenvalue weighted by Gasteiger charge is -2.31. The fourth-order valence-electron chi connectivity index (χ4n) is 3.55. The van der Waals surface area contributed by atoms with Gasteiger partial charge in [-0.1, -0.05) is 20.8 Å². The van der Waals surface area contributed by atoms with E-state index in [2.05, 4.69) is 54.6 Å². The van der Waals surface area contributed by atoms with E-state index in [0.717, 1.165) is 51.1 Å². The number of aromatic nitrogens is 2. The molecule has 0 radical (unpaired) electrons. The van der Waals surface area contributed by atoms with Crippen LogP contribution in [0.2, 0.25) is 0 Å². The molecule has 1 aliphatic heterocycles. The molecule has 1 N–H and O–H groups in total. The van der Waals surface area contributed by atoms with Gasteiger partial charge in [-0.05, 0) is 51.1 Å². The van der Waals surface area contributed by atoms with Gasteiger partial charge in [0, 0.05) is 37.8 Å². The Labute approximate surface area is 146 Å². The van der Waals surface area contributed by atoms with Crippen LogP contribution in [-0.4, -0.2) is 46.3 Å². The monoisotopic (exact) mass is 334 g/mol. The van der Waals surface area contributed by atoms with Gasteiger partial charge >= 0.3 is 0 Å². The third-order valence-electron chi connectivity index (χ3n) is 5.07. The zero-order valence-corrected chi connectivity index (χ0v) is 16.1. The molecule has 2 heterocycles. The van der Waals surface area contributed by atoms with Crippen LogP contribution >= 0.6 is 0 Å². The van der Waals surface area contributed by atoms with E-state index in [1.54, 1.807) is 0 Å². The summed E-state index contributed by atoms with van der Waals surface area (Å²) in [5, 5.41) is 7.86. The number of hydrogen-bond donors (Lipinski definition) is 1. The Morgan fingerprint density at radius 3 is 2.54 bits per heavy atom. The normalized spacial score (nSPS) is 16.8. The molecule has 0 unspecified atom stereocenters. The standard InChI is InChI=1S/C19H34N4O/c1-6-22-11-9-17(10-12-22)20-19(24)8-7-18-15(4)21-23(16(18)5)13-14(2)3/h14,17H,6-13H2,1-5H3,(H,20,24). The summed E-state index contributed by atoms with van der Waals surface area (Å²) in [7, 11) is 0. The second-order valence-electron chi connectivity index (χ2n) is 7.50. The van der Waals surface area contributed by atoms with Crippen LogP contribution in [0, 0.1) is 19.8 Å². The molecular formula is C19H34N4O. The average molecular weight is 335 g/mol. The highest BCUT2D eigenvalue weighted by atomic mass is 16.1. The Kier molecular flexibility index (Phi) is 6.84. The summed E-state index contributed by atoms with van der Waals surface area (Å²) in [6.45, 7) is 15.0. The van der Waals surface area contributed by atoms with Gasteiger partial charge < -0.3 is 10.2 Å². The maximum Gasteiger partial charge on any atom is 0.220 e. The Hall–Kier alpha value is -1.36. The molecule has 0 aliphatic carbocycles. The van der Waals surface area contributed by atoms with Gasteiger partial charge in [-0.3, -0.25) is 9.48 Å². The number of amides is 1. The predicted molar refractivity (Wildman–Crippen MR) is 98.1 cm³/mol. The molecule has 1 aliphatic rings. The van der Waals surface area contributed by atoms with Crippen molar-refractivity contribution < 1.29 is 4.79 Å². The second kappa shape index (κ2) is 8.65. The van der Waals surface area contributed by atoms with Gasteiger partial charge in [0.15, 0.2) is 0 Å². The lowest BCUT2D eigenvalue weighted by atomic mass is 10.0. The molecule has 1 fully saturated rings. The Morgan fingerprint density at radius 1 is 1.29 bits per heavy atom. The number of hydrogen-bond acceptors (Lipinski definition) is 3. The van der Waals surface area contributed by atoms with Gasteiger partial charge in [-0.25, -0.2) is 0 Å². The first-order valence-corrected chi connectivity index (χ1v) is 9.45. The summed E-state index contributed by atoms with van der Waals surface area (Å²) in [6, 6.07) is 0.353. The fourth-order valence-corrected chi connectivity index (χ4v) is 3.55. The molecule has 1 aromatic rings. The van der Waals surface area contributed by atoms with Crippen molar-refractivity contribution in [1.82, 2.24) is 20.0 Å². The molecule has 0 spiro atoms. The number of carbonyl (C=O) groups excluding carboxylic acids is 1. The van der Waals surface area contributed by atoms with Crippen molar-refractivity contribution in [3.63, 3.8) is 0 Å². The van der Waals surface area contributed by atoms with E-state index in [0.29, 0.717) is 18.4 Å². The maximum absolute atomic E-state index is 12.3. The summed E-state index contributed by atoms with van der Waals surface area (Å²) in [5.41, 5.74) is 3.52. The SMILES string of the molecule is CCN1CCC(NC(=O)CCc2c(C)nn(CC(C)C)c2C)CC1. The van der Waals surface area contributed by atoms with Gasteiger partial charge in [-0.15, -0.1) is 0 Å². The van der Waals surface area contributed by atoms with E-state index < -0.39 is 0 Å². The maximum atomic E-state index is 12.3. The molecule has 0 bridgehead atoms. The van der Waals surface area contributed by atoms with E-state index in [4.69, 9.17) is 0 Å². The molecule has 0 atom stereocenters. The van der Waals surface area contributed by atoms with Crippen molar-refractivity contribution >= 4 is 5.91 Å². The van der Waals surface area contributed by atoms with Gasteiger partial charge in [-0.2, -0.15) is 5.10 Å². The Bertz CT molecular complexity index is 542. The topological polar surface area (TPSA) is 50.2 Å². The van der Waals surface area contributed by atoms with E-state index in [1.165, 1.54) is 11.3 Å². The van der Waals surface area contributed by atoms with Crippen LogP contribution in [0.3, 0.4) is 0 Å². The van der Waals surface area contributed by atoms with Gasteiger partial charge in [0.05, 0.1) is 5.69 Å². The fraction of sp³-hybridized carbons (Fsp3) is 0.789. The number of carbonyl (C=O) groups is 1. The van der Waals surface area contributed by atoms with Crippen molar-refractivity contribution in [3.05, 3.63) is 17.0 Å². The summed E-state index contributed by atoms with van der Waals surface area (Å²) in [5.74, 6) is 0.758. The summed E-state index contributed by atoms with van der Waals surface area (Å²) < 4.78 is 2.09. The molecule has 1 saturated heterocycles. The molecule has 1 amide bonds. The lowest BCUT2D eigenvalue weighted by molar-refractivity contribution is -0.122. The second-order valence-corrected chi connectivity index (χ2v) is 7.50. The average Bonchev–Trinajstić information content (AvgIpc) is 2.79. The first-order chi connectivity index (χ1) is 11.4. The molecule has 0 saturated carbocycles. The van der Waals surface area contributed by atoms with E-state index in [-0.39, 0.29) is 5.91 Å². The summed E-state index contributed by atoms with van der Waals surface area (Å²) in [6.07, 6.45) is 3.49. The molecular weight excluding hydrogens is 300 g/mol. The van der Waals surface area contributed by atoms with E-state index >= 15 is 0 Å². The summed E-state index contributed by atoms with van der Waals surface area (Å²) in [4.78, 5) is 14.7. The van der Waals surface area contributed by atoms with Crippen LogP contribution in [-0.2, 0) is 17.8 Å². The minimum absolute atomic E-state index is 0.181. The molecule has 24 heavy (non-hydrogen) atoms. The number of nitrogens with zero attached hydrogens (tertiary/aromatic N) is 3. The van der Waals surface area contributed by atoms with Crippen LogP contribution < -0.4 is 5.32 Å². The third kappa shape index (κ3) is 5.07. The highest BCUT2D eigenvalue weighted by Crippen LogP contribution is 2.17. The molecule has 1 aromatic heterocycles. The molecule has 5 heteroatoms. The first-order valence-electron chi connectivity index (χ1n) is 9.45. The number of piperidine rings is 1. The molecule has 136 valence electrons. The Balaban J connectivity index is 1.83. The number of likely N-dealkylation sites (tertiary alicyclic amines) is 1. The quantitative estimate of drug-likeness (QED) is 0.834. The highest BCUT2D eigenvalue weighted by molar-refractivity contribution is 5.76. The van der Waals surface area contributed by atoms with Crippen LogP contribution in [0.15, 0.2) is 0 Å².